The zero-order chi connectivity index (χ0) is 11.6. The average Bonchev–Trinajstić information content (AvgIpc) is 2.33. The fourth-order valence-electron chi connectivity index (χ4n) is 1.15. The quantitative estimate of drug-likeness (QED) is 0.248. The molecule has 3 nitrogen and oxygen atoms in total. The van der Waals surface area contributed by atoms with Gasteiger partial charge in [-0.3, -0.25) is 0 Å². The molecule has 5 heteroatoms. The van der Waals surface area contributed by atoms with Gasteiger partial charge in [-0.1, -0.05) is 47.7 Å². The molecule has 0 N–H and O–H groups in total. The van der Waals surface area contributed by atoms with Crippen molar-refractivity contribution in [1.29, 1.82) is 0 Å². The molecule has 0 spiro atoms. The second kappa shape index (κ2) is 8.16. The van der Waals surface area contributed by atoms with E-state index in [9.17, 15) is 0 Å². The predicted octanol–water partition coefficient (Wildman–Crippen LogP) is 4.34. The van der Waals surface area contributed by atoms with Crippen molar-refractivity contribution in [3.8, 4) is 0 Å². The highest BCUT2D eigenvalue weighted by molar-refractivity contribution is 8.22. The summed E-state index contributed by atoms with van der Waals surface area (Å²) in [6.45, 7) is 0.530. The monoisotopic (exact) mass is 251 g/mol. The number of hydrogen-bond donors (Lipinski definition) is 0. The summed E-state index contributed by atoms with van der Waals surface area (Å²) in [5.74, 6) is 0.918. The molecule has 0 unspecified atom stereocenters. The van der Waals surface area contributed by atoms with Crippen molar-refractivity contribution >= 4 is 28.2 Å². The number of rotatable bonds is 6. The van der Waals surface area contributed by atoms with Crippen molar-refractivity contribution < 1.29 is 0 Å². The normalized spacial score (nSPS) is 9.50. The van der Waals surface area contributed by atoms with Gasteiger partial charge in [0.15, 0.2) is 0 Å². The van der Waals surface area contributed by atoms with E-state index in [1.165, 1.54) is 5.56 Å². The minimum Gasteiger partial charge on any atom is -0.114 e. The molecule has 0 saturated heterocycles. The third-order valence-electron chi connectivity index (χ3n) is 1.94. The van der Waals surface area contributed by atoms with E-state index in [1.807, 2.05) is 18.2 Å². The van der Waals surface area contributed by atoms with Crippen LogP contribution in [0.1, 0.15) is 18.4 Å². The molecule has 0 bridgehead atoms. The highest BCUT2D eigenvalue weighted by atomic mass is 32.2. The molecule has 0 atom stereocenters. The van der Waals surface area contributed by atoms with Gasteiger partial charge in [-0.05, 0) is 23.9 Å². The molecule has 0 radical (unpaired) electrons. The highest BCUT2D eigenvalue weighted by Crippen LogP contribution is 2.16. The summed E-state index contributed by atoms with van der Waals surface area (Å²) in [5, 5.41) is 3.47. The van der Waals surface area contributed by atoms with Gasteiger partial charge in [0.05, 0.1) is 0 Å². The molecule has 1 aromatic carbocycles. The van der Waals surface area contributed by atoms with Gasteiger partial charge in [0.1, 0.15) is 0 Å². The van der Waals surface area contributed by atoms with Crippen LogP contribution in [0.2, 0.25) is 0 Å². The Hall–Kier alpha value is -1.03. The Balaban J connectivity index is 2.18. The number of nitrogens with zero attached hydrogens (tertiary/aromatic N) is 3. The Morgan fingerprint density at radius 1 is 1.38 bits per heavy atom. The van der Waals surface area contributed by atoms with Gasteiger partial charge < -0.3 is 0 Å². The summed E-state index contributed by atoms with van der Waals surface area (Å²) in [7, 11) is 0. The molecule has 0 heterocycles. The topological polar surface area (TPSA) is 48.8 Å². The van der Waals surface area contributed by atoms with Gasteiger partial charge in [0.25, 0.3) is 0 Å². The molecule has 84 valence electrons. The lowest BCUT2D eigenvalue weighted by Crippen LogP contribution is -1.91. The first-order valence-corrected chi connectivity index (χ1v) is 6.42. The number of thiocarbonyl (C=S) groups is 1. The number of benzene rings is 1. The molecular weight excluding hydrogens is 238 g/mol. The maximum Gasteiger partial charge on any atom is 0.0481 e. The molecule has 0 fully saturated rings. The van der Waals surface area contributed by atoms with Crippen LogP contribution in [0.15, 0.2) is 35.4 Å². The second-order valence-electron chi connectivity index (χ2n) is 3.20. The van der Waals surface area contributed by atoms with Crippen molar-refractivity contribution in [1.82, 2.24) is 0 Å². The van der Waals surface area contributed by atoms with Crippen molar-refractivity contribution in [2.75, 3.05) is 6.54 Å². The van der Waals surface area contributed by atoms with E-state index < -0.39 is 0 Å². The van der Waals surface area contributed by atoms with E-state index in [0.717, 1.165) is 22.8 Å². The van der Waals surface area contributed by atoms with E-state index in [2.05, 4.69) is 22.2 Å². The zero-order valence-corrected chi connectivity index (χ0v) is 10.5. The Morgan fingerprint density at radius 3 is 2.81 bits per heavy atom. The Bertz CT molecular complexity index is 372. The van der Waals surface area contributed by atoms with Crippen LogP contribution in [0.3, 0.4) is 0 Å². The minimum absolute atomic E-state index is 0.530. The first-order valence-electron chi connectivity index (χ1n) is 5.03. The van der Waals surface area contributed by atoms with Gasteiger partial charge in [-0.2, -0.15) is 0 Å². The summed E-state index contributed by atoms with van der Waals surface area (Å²) in [6.07, 6.45) is 1.68. The van der Waals surface area contributed by atoms with E-state index in [1.54, 1.807) is 11.8 Å². The van der Waals surface area contributed by atoms with Gasteiger partial charge in [0.2, 0.25) is 0 Å². The van der Waals surface area contributed by atoms with Crippen LogP contribution >= 0.6 is 24.0 Å². The molecule has 0 amide bonds. The maximum absolute atomic E-state index is 8.10. The Morgan fingerprint density at radius 2 is 2.12 bits per heavy atom. The molecule has 1 rings (SSSR count). The van der Waals surface area contributed by atoms with Gasteiger partial charge >= 0.3 is 0 Å². The standard InChI is InChI=1S/C11H13N3S2/c12-14-13-8-4-7-11(15)16-9-10-5-2-1-3-6-10/h1-3,5-6H,4,7-9H2. The van der Waals surface area contributed by atoms with E-state index >= 15 is 0 Å². The molecule has 0 aliphatic carbocycles. The highest BCUT2D eigenvalue weighted by Gasteiger charge is 1.98. The summed E-state index contributed by atoms with van der Waals surface area (Å²) >= 11 is 6.92. The average molecular weight is 251 g/mol. The lowest BCUT2D eigenvalue weighted by atomic mass is 10.2. The van der Waals surface area contributed by atoms with Crippen LogP contribution in [-0.4, -0.2) is 10.7 Å². The molecule has 0 saturated carbocycles. The fourth-order valence-corrected chi connectivity index (χ4v) is 2.28. The van der Waals surface area contributed by atoms with Crippen molar-refractivity contribution in [3.05, 3.63) is 46.3 Å². The van der Waals surface area contributed by atoms with E-state index in [0.29, 0.717) is 6.54 Å². The van der Waals surface area contributed by atoms with Gasteiger partial charge in [-0.25, -0.2) is 0 Å². The Kier molecular flexibility index (Phi) is 6.65. The summed E-state index contributed by atoms with van der Waals surface area (Å²) in [6, 6.07) is 10.2. The van der Waals surface area contributed by atoms with Crippen LogP contribution in [-0.2, 0) is 5.75 Å². The van der Waals surface area contributed by atoms with Crippen LogP contribution < -0.4 is 0 Å². The minimum atomic E-state index is 0.530. The van der Waals surface area contributed by atoms with E-state index in [-0.39, 0.29) is 0 Å². The third kappa shape index (κ3) is 5.75. The van der Waals surface area contributed by atoms with Crippen LogP contribution in [0.4, 0.5) is 0 Å². The lowest BCUT2D eigenvalue weighted by molar-refractivity contribution is 0.880. The Labute approximate surface area is 105 Å². The van der Waals surface area contributed by atoms with Gasteiger partial charge in [0, 0.05) is 21.4 Å². The summed E-state index contributed by atoms with van der Waals surface area (Å²) in [4.78, 5) is 2.70. The van der Waals surface area contributed by atoms with Crippen molar-refractivity contribution in [3.63, 3.8) is 0 Å². The number of thioether (sulfide) groups is 1. The summed E-state index contributed by atoms with van der Waals surface area (Å²) in [5.41, 5.74) is 9.39. The summed E-state index contributed by atoms with van der Waals surface area (Å²) < 4.78 is 0.983. The maximum atomic E-state index is 8.10. The number of hydrogen-bond acceptors (Lipinski definition) is 3. The van der Waals surface area contributed by atoms with Crippen molar-refractivity contribution in [2.45, 2.75) is 18.6 Å². The second-order valence-corrected chi connectivity index (χ2v) is 5.03. The zero-order valence-electron chi connectivity index (χ0n) is 8.87. The lowest BCUT2D eigenvalue weighted by Gasteiger charge is -2.02. The smallest absolute Gasteiger partial charge is 0.0481 e. The van der Waals surface area contributed by atoms with Crippen LogP contribution in [0.5, 0.6) is 0 Å². The SMILES string of the molecule is [N-]=[N+]=NCCCC(=S)SCc1ccccc1. The first-order chi connectivity index (χ1) is 7.83. The third-order valence-corrected chi connectivity index (χ3v) is 3.51. The van der Waals surface area contributed by atoms with Crippen LogP contribution in [0.25, 0.3) is 10.4 Å². The molecule has 16 heavy (non-hydrogen) atoms. The fraction of sp³-hybridized carbons (Fsp3) is 0.364. The van der Waals surface area contributed by atoms with Crippen LogP contribution in [0, 0.1) is 0 Å². The molecular formula is C11H13N3S2. The number of azide groups is 1. The van der Waals surface area contributed by atoms with E-state index in [4.69, 9.17) is 17.7 Å². The molecule has 1 aromatic rings. The van der Waals surface area contributed by atoms with Crippen molar-refractivity contribution in [2.24, 2.45) is 5.11 Å². The molecule has 0 aliphatic rings. The predicted molar refractivity (Wildman–Crippen MR) is 73.6 cm³/mol. The first kappa shape index (κ1) is 13.0. The largest absolute Gasteiger partial charge is 0.114 e. The molecule has 0 aliphatic heterocycles. The molecule has 0 aromatic heterocycles. The van der Waals surface area contributed by atoms with Gasteiger partial charge in [-0.15, -0.1) is 11.8 Å².